The molecule has 0 bridgehead atoms. The molecule has 0 amide bonds. The van der Waals surface area contributed by atoms with Gasteiger partial charge in [-0.3, -0.25) is 9.89 Å². The van der Waals surface area contributed by atoms with Crippen LogP contribution in [0, 0.1) is 0 Å². The van der Waals surface area contributed by atoms with Crippen molar-refractivity contribution in [3.63, 3.8) is 0 Å². The molecule has 1 aliphatic rings. The van der Waals surface area contributed by atoms with Crippen LogP contribution < -0.4 is 10.6 Å². The molecule has 0 aliphatic carbocycles. The quantitative estimate of drug-likeness (QED) is 0.357. The van der Waals surface area contributed by atoms with Crippen LogP contribution in [0.15, 0.2) is 4.99 Å². The van der Waals surface area contributed by atoms with Crippen molar-refractivity contribution in [3.05, 3.63) is 0 Å². The lowest BCUT2D eigenvalue weighted by Gasteiger charge is -2.19. The molecule has 1 saturated heterocycles. The molecule has 20 heavy (non-hydrogen) atoms. The van der Waals surface area contributed by atoms with E-state index < -0.39 is 12.7 Å². The van der Waals surface area contributed by atoms with Gasteiger partial charge in [-0.2, -0.15) is 13.2 Å². The highest BCUT2D eigenvalue weighted by molar-refractivity contribution is 14.0. The SMILES string of the molecule is CCNC(=NCCO)NC1CCN(CC(F)(F)F)C1.I. The fourth-order valence-electron chi connectivity index (χ4n) is 2.02. The minimum atomic E-state index is -4.15. The number of aliphatic hydroxyl groups is 1. The second-order valence-corrected chi connectivity index (χ2v) is 4.46. The van der Waals surface area contributed by atoms with Gasteiger partial charge in [0.05, 0.1) is 19.7 Å². The molecule has 0 aromatic heterocycles. The number of hydrogen-bond donors (Lipinski definition) is 3. The highest BCUT2D eigenvalue weighted by Gasteiger charge is 2.34. The summed E-state index contributed by atoms with van der Waals surface area (Å²) in [7, 11) is 0. The summed E-state index contributed by atoms with van der Waals surface area (Å²) < 4.78 is 36.8. The molecular formula is C11H22F3IN4O. The Labute approximate surface area is 134 Å². The molecule has 1 rings (SSSR count). The fourth-order valence-corrected chi connectivity index (χ4v) is 2.02. The van der Waals surface area contributed by atoms with E-state index in [2.05, 4.69) is 15.6 Å². The fraction of sp³-hybridized carbons (Fsp3) is 0.909. The zero-order chi connectivity index (χ0) is 14.3. The zero-order valence-corrected chi connectivity index (χ0v) is 13.7. The zero-order valence-electron chi connectivity index (χ0n) is 11.4. The van der Waals surface area contributed by atoms with Gasteiger partial charge in [-0.1, -0.05) is 0 Å². The third-order valence-corrected chi connectivity index (χ3v) is 2.73. The Balaban J connectivity index is 0.00000361. The monoisotopic (exact) mass is 410 g/mol. The van der Waals surface area contributed by atoms with E-state index in [1.54, 1.807) is 0 Å². The maximum atomic E-state index is 12.3. The van der Waals surface area contributed by atoms with Gasteiger partial charge in [0.15, 0.2) is 5.96 Å². The third kappa shape index (κ3) is 8.10. The van der Waals surface area contributed by atoms with Gasteiger partial charge < -0.3 is 15.7 Å². The topological polar surface area (TPSA) is 59.9 Å². The molecule has 3 N–H and O–H groups in total. The van der Waals surface area contributed by atoms with E-state index in [0.29, 0.717) is 32.0 Å². The summed E-state index contributed by atoms with van der Waals surface area (Å²) in [5, 5.41) is 14.8. The van der Waals surface area contributed by atoms with Crippen molar-refractivity contribution in [3.8, 4) is 0 Å². The van der Waals surface area contributed by atoms with E-state index in [1.165, 1.54) is 4.90 Å². The van der Waals surface area contributed by atoms with Gasteiger partial charge in [0, 0.05) is 25.7 Å². The number of likely N-dealkylation sites (tertiary alicyclic amines) is 1. The molecule has 1 fully saturated rings. The van der Waals surface area contributed by atoms with Gasteiger partial charge >= 0.3 is 6.18 Å². The second kappa shape index (κ2) is 9.61. The van der Waals surface area contributed by atoms with Gasteiger partial charge in [-0.15, -0.1) is 24.0 Å². The number of aliphatic hydroxyl groups excluding tert-OH is 1. The van der Waals surface area contributed by atoms with Crippen molar-refractivity contribution >= 4 is 29.9 Å². The summed E-state index contributed by atoms with van der Waals surface area (Å²) >= 11 is 0. The molecule has 1 heterocycles. The van der Waals surface area contributed by atoms with E-state index in [1.807, 2.05) is 6.92 Å². The molecule has 0 radical (unpaired) electrons. The third-order valence-electron chi connectivity index (χ3n) is 2.73. The summed E-state index contributed by atoms with van der Waals surface area (Å²) in [5.74, 6) is 0.537. The number of halogens is 4. The summed E-state index contributed by atoms with van der Waals surface area (Å²) in [5.41, 5.74) is 0. The van der Waals surface area contributed by atoms with Crippen LogP contribution in [-0.4, -0.2) is 67.5 Å². The molecule has 0 spiro atoms. The smallest absolute Gasteiger partial charge is 0.394 e. The van der Waals surface area contributed by atoms with E-state index in [9.17, 15) is 13.2 Å². The average molecular weight is 410 g/mol. The van der Waals surface area contributed by atoms with Gasteiger partial charge in [0.1, 0.15) is 0 Å². The van der Waals surface area contributed by atoms with E-state index in [-0.39, 0.29) is 43.2 Å². The van der Waals surface area contributed by atoms with Gasteiger partial charge in [-0.25, -0.2) is 0 Å². The Hall–Kier alpha value is -0.290. The van der Waals surface area contributed by atoms with Gasteiger partial charge in [0.25, 0.3) is 0 Å². The number of nitrogens with zero attached hydrogens (tertiary/aromatic N) is 2. The van der Waals surface area contributed by atoms with E-state index in [0.717, 1.165) is 0 Å². The first-order valence-electron chi connectivity index (χ1n) is 6.39. The van der Waals surface area contributed by atoms with E-state index >= 15 is 0 Å². The lowest BCUT2D eigenvalue weighted by molar-refractivity contribution is -0.143. The number of nitrogens with one attached hydrogen (secondary N) is 2. The Bertz CT molecular complexity index is 302. The predicted octanol–water partition coefficient (Wildman–Crippen LogP) is 0.788. The summed E-state index contributed by atoms with van der Waals surface area (Å²) in [6, 6.07) is -0.0427. The molecule has 5 nitrogen and oxygen atoms in total. The van der Waals surface area contributed by atoms with Crippen LogP contribution in [0.4, 0.5) is 13.2 Å². The van der Waals surface area contributed by atoms with Crippen molar-refractivity contribution in [1.29, 1.82) is 0 Å². The van der Waals surface area contributed by atoms with Crippen LogP contribution >= 0.6 is 24.0 Å². The van der Waals surface area contributed by atoms with E-state index in [4.69, 9.17) is 5.11 Å². The van der Waals surface area contributed by atoms with Crippen molar-refractivity contribution < 1.29 is 18.3 Å². The Morgan fingerprint density at radius 2 is 2.15 bits per heavy atom. The Kier molecular flexibility index (Phi) is 9.47. The van der Waals surface area contributed by atoms with Gasteiger partial charge in [-0.05, 0) is 13.3 Å². The minimum Gasteiger partial charge on any atom is -0.394 e. The maximum Gasteiger partial charge on any atom is 0.401 e. The predicted molar refractivity (Wildman–Crippen MR) is 82.5 cm³/mol. The molecule has 1 atom stereocenters. The maximum absolute atomic E-state index is 12.3. The van der Waals surface area contributed by atoms with Crippen molar-refractivity contribution in [2.75, 3.05) is 39.3 Å². The van der Waals surface area contributed by atoms with Crippen molar-refractivity contribution in [1.82, 2.24) is 15.5 Å². The molecule has 0 aromatic rings. The number of alkyl halides is 3. The van der Waals surface area contributed by atoms with Crippen LogP contribution in [0.1, 0.15) is 13.3 Å². The second-order valence-electron chi connectivity index (χ2n) is 4.46. The number of guanidine groups is 1. The minimum absolute atomic E-state index is 0. The first-order chi connectivity index (χ1) is 8.94. The number of hydrogen-bond acceptors (Lipinski definition) is 3. The Morgan fingerprint density at radius 3 is 2.70 bits per heavy atom. The van der Waals surface area contributed by atoms with Crippen molar-refractivity contribution in [2.45, 2.75) is 25.6 Å². The molecule has 9 heteroatoms. The van der Waals surface area contributed by atoms with Crippen LogP contribution in [0.5, 0.6) is 0 Å². The summed E-state index contributed by atoms with van der Waals surface area (Å²) in [6.45, 7) is 2.70. The first kappa shape index (κ1) is 19.7. The largest absolute Gasteiger partial charge is 0.401 e. The average Bonchev–Trinajstić information content (AvgIpc) is 2.71. The number of aliphatic imine (C=N–C) groups is 1. The normalized spacial score (nSPS) is 20.6. The molecule has 120 valence electrons. The van der Waals surface area contributed by atoms with Crippen LogP contribution in [-0.2, 0) is 0 Å². The van der Waals surface area contributed by atoms with Crippen LogP contribution in [0.3, 0.4) is 0 Å². The summed E-state index contributed by atoms with van der Waals surface area (Å²) in [4.78, 5) is 5.48. The standard InChI is InChI=1S/C11H21F3N4O.HI/c1-2-15-10(16-4-6-19)17-9-3-5-18(7-9)8-11(12,13)14;/h9,19H,2-8H2,1H3,(H2,15,16,17);1H. The summed E-state index contributed by atoms with van der Waals surface area (Å²) in [6.07, 6.45) is -3.50. The van der Waals surface area contributed by atoms with Gasteiger partial charge in [0.2, 0.25) is 0 Å². The lowest BCUT2D eigenvalue weighted by atomic mass is 10.3. The van der Waals surface area contributed by atoms with Crippen molar-refractivity contribution in [2.24, 2.45) is 4.99 Å². The Morgan fingerprint density at radius 1 is 1.45 bits per heavy atom. The lowest BCUT2D eigenvalue weighted by Crippen LogP contribution is -2.45. The van der Waals surface area contributed by atoms with Crippen LogP contribution in [0.2, 0.25) is 0 Å². The molecular weight excluding hydrogens is 388 g/mol. The first-order valence-corrected chi connectivity index (χ1v) is 6.39. The van der Waals surface area contributed by atoms with Crippen LogP contribution in [0.25, 0.3) is 0 Å². The molecule has 0 saturated carbocycles. The number of rotatable bonds is 5. The molecule has 0 aromatic carbocycles. The molecule has 1 unspecified atom stereocenters. The highest BCUT2D eigenvalue weighted by atomic mass is 127. The molecule has 1 aliphatic heterocycles. The highest BCUT2D eigenvalue weighted by Crippen LogP contribution is 2.19.